The highest BCUT2D eigenvalue weighted by Crippen LogP contribution is 2.17. The average Bonchev–Trinajstić information content (AvgIpc) is 2.51. The summed E-state index contributed by atoms with van der Waals surface area (Å²) in [6, 6.07) is 9.65. The molecular formula is C17H20N2O2S. The van der Waals surface area contributed by atoms with Gasteiger partial charge in [0.1, 0.15) is 5.75 Å². The van der Waals surface area contributed by atoms with E-state index in [2.05, 4.69) is 17.2 Å². The number of anilines is 1. The maximum absolute atomic E-state index is 11.9. The molecule has 1 N–H and O–H groups in total. The number of thioether (sulfide) groups is 1. The van der Waals surface area contributed by atoms with Crippen LogP contribution in [0.25, 0.3) is 0 Å². The molecule has 22 heavy (non-hydrogen) atoms. The first-order chi connectivity index (χ1) is 10.6. The predicted octanol–water partition coefficient (Wildman–Crippen LogP) is 3.83. The van der Waals surface area contributed by atoms with Crippen molar-refractivity contribution in [1.82, 2.24) is 4.98 Å². The third-order valence-corrected chi connectivity index (χ3v) is 3.97. The van der Waals surface area contributed by atoms with Crippen molar-refractivity contribution in [2.75, 3.05) is 18.2 Å². The molecule has 1 aromatic carbocycles. The standard InChI is InChI=1S/C17H20N2O2S/c1-12-4-6-15(10-13(12)2)21-9-8-16(20)19-14-5-7-17(22-3)18-11-14/h4-7,10-11H,8-9H2,1-3H3,(H,19,20). The van der Waals surface area contributed by atoms with Gasteiger partial charge in [-0.2, -0.15) is 0 Å². The van der Waals surface area contributed by atoms with Crippen molar-refractivity contribution in [1.29, 1.82) is 0 Å². The SMILES string of the molecule is CSc1ccc(NC(=O)CCOc2ccc(C)c(C)c2)cn1. The van der Waals surface area contributed by atoms with E-state index in [0.717, 1.165) is 10.8 Å². The summed E-state index contributed by atoms with van der Waals surface area (Å²) < 4.78 is 5.61. The van der Waals surface area contributed by atoms with Crippen molar-refractivity contribution in [3.05, 3.63) is 47.7 Å². The molecule has 1 heterocycles. The van der Waals surface area contributed by atoms with Crippen LogP contribution in [-0.4, -0.2) is 23.8 Å². The second-order valence-electron chi connectivity index (χ2n) is 4.98. The molecule has 4 nitrogen and oxygen atoms in total. The summed E-state index contributed by atoms with van der Waals surface area (Å²) in [7, 11) is 0. The Balaban J connectivity index is 1.78. The summed E-state index contributed by atoms with van der Waals surface area (Å²) in [6.45, 7) is 4.45. The van der Waals surface area contributed by atoms with Crippen LogP contribution in [-0.2, 0) is 4.79 Å². The van der Waals surface area contributed by atoms with Gasteiger partial charge in [0.2, 0.25) is 5.91 Å². The van der Waals surface area contributed by atoms with Gasteiger partial charge in [-0.3, -0.25) is 4.79 Å². The monoisotopic (exact) mass is 316 g/mol. The molecule has 2 rings (SSSR count). The number of aryl methyl sites for hydroxylation is 2. The van der Waals surface area contributed by atoms with Gasteiger partial charge in [0, 0.05) is 0 Å². The fraction of sp³-hybridized carbons (Fsp3) is 0.294. The summed E-state index contributed by atoms with van der Waals surface area (Å²) in [4.78, 5) is 16.1. The number of nitrogens with zero attached hydrogens (tertiary/aromatic N) is 1. The highest BCUT2D eigenvalue weighted by Gasteiger charge is 2.04. The molecule has 1 aromatic heterocycles. The Morgan fingerprint density at radius 1 is 1.23 bits per heavy atom. The van der Waals surface area contributed by atoms with Crippen molar-refractivity contribution >= 4 is 23.4 Å². The van der Waals surface area contributed by atoms with E-state index < -0.39 is 0 Å². The van der Waals surface area contributed by atoms with Gasteiger partial charge < -0.3 is 10.1 Å². The molecule has 5 heteroatoms. The van der Waals surface area contributed by atoms with Crippen LogP contribution in [0.4, 0.5) is 5.69 Å². The number of rotatable bonds is 6. The Morgan fingerprint density at radius 3 is 2.68 bits per heavy atom. The molecule has 0 unspecified atom stereocenters. The van der Waals surface area contributed by atoms with Gasteiger partial charge in [-0.15, -0.1) is 11.8 Å². The minimum absolute atomic E-state index is 0.0810. The zero-order chi connectivity index (χ0) is 15.9. The molecule has 1 amide bonds. The van der Waals surface area contributed by atoms with E-state index in [1.54, 1.807) is 18.0 Å². The zero-order valence-electron chi connectivity index (χ0n) is 13.1. The lowest BCUT2D eigenvalue weighted by molar-refractivity contribution is -0.116. The van der Waals surface area contributed by atoms with E-state index in [-0.39, 0.29) is 5.91 Å². The highest BCUT2D eigenvalue weighted by molar-refractivity contribution is 7.98. The molecule has 0 aliphatic heterocycles. The molecule has 0 fully saturated rings. The number of benzene rings is 1. The number of pyridine rings is 1. The van der Waals surface area contributed by atoms with Gasteiger partial charge in [-0.25, -0.2) is 4.98 Å². The van der Waals surface area contributed by atoms with E-state index >= 15 is 0 Å². The second-order valence-corrected chi connectivity index (χ2v) is 5.81. The first-order valence-corrected chi connectivity index (χ1v) is 8.31. The van der Waals surface area contributed by atoms with Crippen LogP contribution in [0, 0.1) is 13.8 Å². The number of carbonyl (C=O) groups is 1. The Bertz CT molecular complexity index is 642. The van der Waals surface area contributed by atoms with Crippen LogP contribution in [0.5, 0.6) is 5.75 Å². The normalized spacial score (nSPS) is 10.3. The van der Waals surface area contributed by atoms with E-state index in [4.69, 9.17) is 4.74 Å². The molecule has 2 aromatic rings. The van der Waals surface area contributed by atoms with Crippen molar-refractivity contribution < 1.29 is 9.53 Å². The Labute approximate surface area is 135 Å². The first-order valence-electron chi connectivity index (χ1n) is 7.08. The lowest BCUT2D eigenvalue weighted by Gasteiger charge is -2.09. The molecule has 0 saturated carbocycles. The molecule has 116 valence electrons. The van der Waals surface area contributed by atoms with Gasteiger partial charge >= 0.3 is 0 Å². The summed E-state index contributed by atoms with van der Waals surface area (Å²) in [5.41, 5.74) is 3.11. The maximum Gasteiger partial charge on any atom is 0.227 e. The van der Waals surface area contributed by atoms with E-state index in [1.165, 1.54) is 11.1 Å². The van der Waals surface area contributed by atoms with Crippen molar-refractivity contribution in [2.24, 2.45) is 0 Å². The predicted molar refractivity (Wildman–Crippen MR) is 90.7 cm³/mol. The fourth-order valence-corrected chi connectivity index (χ4v) is 2.23. The first kappa shape index (κ1) is 16.4. The van der Waals surface area contributed by atoms with Gasteiger partial charge in [0.15, 0.2) is 0 Å². The van der Waals surface area contributed by atoms with Gasteiger partial charge in [0.25, 0.3) is 0 Å². The van der Waals surface area contributed by atoms with Gasteiger partial charge in [0.05, 0.1) is 29.9 Å². The number of carbonyl (C=O) groups excluding carboxylic acids is 1. The Hall–Kier alpha value is -2.01. The lowest BCUT2D eigenvalue weighted by atomic mass is 10.1. The number of hydrogen-bond donors (Lipinski definition) is 1. The van der Waals surface area contributed by atoms with Gasteiger partial charge in [-0.05, 0) is 55.5 Å². The smallest absolute Gasteiger partial charge is 0.227 e. The maximum atomic E-state index is 11.9. The largest absolute Gasteiger partial charge is 0.493 e. The highest BCUT2D eigenvalue weighted by atomic mass is 32.2. The van der Waals surface area contributed by atoms with Crippen LogP contribution < -0.4 is 10.1 Å². The van der Waals surface area contributed by atoms with Crippen molar-refractivity contribution in [3.8, 4) is 5.75 Å². The third kappa shape index (κ3) is 4.77. The fourth-order valence-electron chi connectivity index (χ4n) is 1.86. The van der Waals surface area contributed by atoms with E-state index in [9.17, 15) is 4.79 Å². The number of aromatic nitrogens is 1. The number of nitrogens with one attached hydrogen (secondary N) is 1. The topological polar surface area (TPSA) is 51.2 Å². The van der Waals surface area contributed by atoms with Crippen molar-refractivity contribution in [3.63, 3.8) is 0 Å². The van der Waals surface area contributed by atoms with Crippen LogP contribution in [0.15, 0.2) is 41.6 Å². The molecule has 0 spiro atoms. The van der Waals surface area contributed by atoms with Crippen LogP contribution in [0.1, 0.15) is 17.5 Å². The summed E-state index contributed by atoms with van der Waals surface area (Å²) >= 11 is 1.57. The minimum atomic E-state index is -0.0810. The summed E-state index contributed by atoms with van der Waals surface area (Å²) in [6.07, 6.45) is 3.93. The molecular weight excluding hydrogens is 296 g/mol. The van der Waals surface area contributed by atoms with Gasteiger partial charge in [-0.1, -0.05) is 6.07 Å². The minimum Gasteiger partial charge on any atom is -0.493 e. The molecule has 0 aliphatic rings. The number of hydrogen-bond acceptors (Lipinski definition) is 4. The van der Waals surface area contributed by atoms with E-state index in [1.807, 2.05) is 43.5 Å². The zero-order valence-corrected chi connectivity index (χ0v) is 13.9. The molecule has 0 atom stereocenters. The van der Waals surface area contributed by atoms with Crippen LogP contribution >= 0.6 is 11.8 Å². The number of amides is 1. The second kappa shape index (κ2) is 7.84. The Morgan fingerprint density at radius 2 is 2.05 bits per heavy atom. The van der Waals surface area contributed by atoms with Crippen LogP contribution in [0.2, 0.25) is 0 Å². The van der Waals surface area contributed by atoms with Crippen molar-refractivity contribution in [2.45, 2.75) is 25.3 Å². The average molecular weight is 316 g/mol. The molecule has 0 radical (unpaired) electrons. The summed E-state index contributed by atoms with van der Waals surface area (Å²) in [5, 5.41) is 3.74. The number of ether oxygens (including phenoxy) is 1. The van der Waals surface area contributed by atoms with E-state index in [0.29, 0.717) is 18.7 Å². The third-order valence-electron chi connectivity index (χ3n) is 3.31. The summed E-state index contributed by atoms with van der Waals surface area (Å²) in [5.74, 6) is 0.712. The molecule has 0 bridgehead atoms. The quantitative estimate of drug-likeness (QED) is 0.823. The Kier molecular flexibility index (Phi) is 5.83. The van der Waals surface area contributed by atoms with Crippen LogP contribution in [0.3, 0.4) is 0 Å². The molecule has 0 saturated heterocycles. The lowest BCUT2D eigenvalue weighted by Crippen LogP contribution is -2.15. The molecule has 0 aliphatic carbocycles.